The summed E-state index contributed by atoms with van der Waals surface area (Å²) in [5.41, 5.74) is 0.524. The fourth-order valence-corrected chi connectivity index (χ4v) is 1.91. The fraction of sp³-hybridized carbons (Fsp3) is 0.0909. The molecule has 0 saturated heterocycles. The van der Waals surface area contributed by atoms with Gasteiger partial charge in [0.05, 0.1) is 15.7 Å². The quantitative estimate of drug-likeness (QED) is 0.816. The zero-order valence-electron chi connectivity index (χ0n) is 8.23. The molecule has 0 aliphatic rings. The van der Waals surface area contributed by atoms with Crippen molar-refractivity contribution in [1.82, 2.24) is 9.78 Å². The Balaban J connectivity index is 2.18. The van der Waals surface area contributed by atoms with Gasteiger partial charge in [-0.05, 0) is 28.1 Å². The maximum Gasteiger partial charge on any atom is 0.185 e. The lowest BCUT2D eigenvalue weighted by Gasteiger charge is -2.03. The molecule has 0 aliphatic heterocycles. The molecule has 5 heteroatoms. The molecule has 0 atom stereocenters. The number of rotatable bonds is 3. The van der Waals surface area contributed by atoms with Crippen LogP contribution in [0.15, 0.2) is 41.1 Å². The number of nitrogens with zero attached hydrogens (tertiary/aromatic N) is 2. The largest absolute Gasteiger partial charge is 0.292 e. The Morgan fingerprint density at radius 1 is 1.44 bits per heavy atom. The minimum absolute atomic E-state index is 0.0544. The summed E-state index contributed by atoms with van der Waals surface area (Å²) < 4.78 is 2.41. The Morgan fingerprint density at radius 3 is 2.81 bits per heavy atom. The second kappa shape index (κ2) is 4.80. The summed E-state index contributed by atoms with van der Waals surface area (Å²) in [4.78, 5) is 11.9. The lowest BCUT2D eigenvalue weighted by Crippen LogP contribution is -2.11. The van der Waals surface area contributed by atoms with Crippen molar-refractivity contribution in [1.29, 1.82) is 0 Å². The predicted molar refractivity (Wildman–Crippen MR) is 65.7 cm³/mol. The van der Waals surface area contributed by atoms with E-state index in [0.29, 0.717) is 10.6 Å². The molecule has 0 unspecified atom stereocenters. The van der Waals surface area contributed by atoms with Crippen LogP contribution in [-0.4, -0.2) is 15.6 Å². The van der Waals surface area contributed by atoms with Crippen molar-refractivity contribution in [2.75, 3.05) is 0 Å². The average molecular weight is 300 g/mol. The molecule has 0 amide bonds. The molecule has 1 aromatic heterocycles. The molecule has 0 aliphatic carbocycles. The molecule has 1 heterocycles. The van der Waals surface area contributed by atoms with Crippen molar-refractivity contribution < 1.29 is 4.79 Å². The molecule has 0 spiro atoms. The van der Waals surface area contributed by atoms with Crippen molar-refractivity contribution in [2.24, 2.45) is 0 Å². The van der Waals surface area contributed by atoms with Crippen LogP contribution in [0.3, 0.4) is 0 Å². The molecule has 1 aromatic carbocycles. The molecule has 0 fully saturated rings. The standard InChI is InChI=1S/C11H8BrClN2O/c12-8-5-14-15(6-8)7-11(16)9-3-1-2-4-10(9)13/h1-6H,7H2. The van der Waals surface area contributed by atoms with Gasteiger partial charge >= 0.3 is 0 Å². The van der Waals surface area contributed by atoms with Gasteiger partial charge in [-0.25, -0.2) is 0 Å². The highest BCUT2D eigenvalue weighted by Gasteiger charge is 2.10. The van der Waals surface area contributed by atoms with Crippen LogP contribution in [0, 0.1) is 0 Å². The van der Waals surface area contributed by atoms with E-state index in [1.165, 1.54) is 0 Å². The third-order valence-electron chi connectivity index (χ3n) is 2.08. The lowest BCUT2D eigenvalue weighted by molar-refractivity contribution is 0.0968. The summed E-state index contributed by atoms with van der Waals surface area (Å²) in [6.07, 6.45) is 3.38. The number of benzene rings is 1. The van der Waals surface area contributed by atoms with Crippen LogP contribution >= 0.6 is 27.5 Å². The number of Topliss-reactive ketones (excluding diaryl/α,β-unsaturated/α-hetero) is 1. The molecule has 0 radical (unpaired) electrons. The molecule has 0 bridgehead atoms. The third kappa shape index (κ3) is 2.51. The Hall–Kier alpha value is -1.13. The first kappa shape index (κ1) is 11.4. The SMILES string of the molecule is O=C(Cn1cc(Br)cn1)c1ccccc1Cl. The van der Waals surface area contributed by atoms with Crippen LogP contribution in [-0.2, 0) is 6.54 Å². The molecule has 2 rings (SSSR count). The van der Waals surface area contributed by atoms with Crippen molar-refractivity contribution in [3.8, 4) is 0 Å². The van der Waals surface area contributed by atoms with E-state index in [1.54, 1.807) is 41.3 Å². The zero-order chi connectivity index (χ0) is 11.5. The third-order valence-corrected chi connectivity index (χ3v) is 2.82. The first-order valence-electron chi connectivity index (χ1n) is 4.62. The molecular weight excluding hydrogens is 291 g/mol. The Morgan fingerprint density at radius 2 is 2.19 bits per heavy atom. The van der Waals surface area contributed by atoms with Crippen molar-refractivity contribution in [3.63, 3.8) is 0 Å². The van der Waals surface area contributed by atoms with E-state index in [9.17, 15) is 4.79 Å². The van der Waals surface area contributed by atoms with E-state index < -0.39 is 0 Å². The van der Waals surface area contributed by atoms with Crippen LogP contribution in [0.4, 0.5) is 0 Å². The minimum atomic E-state index is -0.0544. The first-order valence-corrected chi connectivity index (χ1v) is 5.79. The van der Waals surface area contributed by atoms with Gasteiger partial charge in [0, 0.05) is 11.8 Å². The smallest absolute Gasteiger partial charge is 0.185 e. The van der Waals surface area contributed by atoms with Gasteiger partial charge in [0.25, 0.3) is 0 Å². The summed E-state index contributed by atoms with van der Waals surface area (Å²) >= 11 is 9.20. The van der Waals surface area contributed by atoms with E-state index in [-0.39, 0.29) is 12.3 Å². The van der Waals surface area contributed by atoms with E-state index >= 15 is 0 Å². The number of carbonyl (C=O) groups is 1. The van der Waals surface area contributed by atoms with Crippen LogP contribution in [0.1, 0.15) is 10.4 Å². The number of ketones is 1. The molecule has 3 nitrogen and oxygen atoms in total. The fourth-order valence-electron chi connectivity index (χ4n) is 1.34. The molecule has 82 valence electrons. The van der Waals surface area contributed by atoms with E-state index in [2.05, 4.69) is 21.0 Å². The molecule has 0 N–H and O–H groups in total. The number of hydrogen-bond donors (Lipinski definition) is 0. The summed E-state index contributed by atoms with van der Waals surface area (Å²) in [6, 6.07) is 7.00. The van der Waals surface area contributed by atoms with Crippen LogP contribution in [0.5, 0.6) is 0 Å². The van der Waals surface area contributed by atoms with Crippen LogP contribution < -0.4 is 0 Å². The van der Waals surface area contributed by atoms with E-state index in [0.717, 1.165) is 4.47 Å². The summed E-state index contributed by atoms with van der Waals surface area (Å²) in [5, 5.41) is 4.49. The Bertz CT molecular complexity index is 524. The monoisotopic (exact) mass is 298 g/mol. The van der Waals surface area contributed by atoms with Gasteiger partial charge in [-0.2, -0.15) is 5.10 Å². The molecular formula is C11H8BrClN2O. The molecule has 16 heavy (non-hydrogen) atoms. The van der Waals surface area contributed by atoms with Crippen molar-refractivity contribution in [2.45, 2.75) is 6.54 Å². The first-order chi connectivity index (χ1) is 7.66. The highest BCUT2D eigenvalue weighted by atomic mass is 79.9. The lowest BCUT2D eigenvalue weighted by atomic mass is 10.1. The van der Waals surface area contributed by atoms with Crippen LogP contribution in [0.25, 0.3) is 0 Å². The number of aromatic nitrogens is 2. The Labute approximate surface area is 106 Å². The van der Waals surface area contributed by atoms with Gasteiger partial charge in [0.15, 0.2) is 5.78 Å². The summed E-state index contributed by atoms with van der Waals surface area (Å²) in [7, 11) is 0. The average Bonchev–Trinajstić information content (AvgIpc) is 2.64. The van der Waals surface area contributed by atoms with Gasteiger partial charge in [0.2, 0.25) is 0 Å². The summed E-state index contributed by atoms with van der Waals surface area (Å²) in [6.45, 7) is 0.190. The van der Waals surface area contributed by atoms with E-state index in [4.69, 9.17) is 11.6 Å². The maximum absolute atomic E-state index is 11.9. The van der Waals surface area contributed by atoms with Crippen molar-refractivity contribution >= 4 is 33.3 Å². The molecule has 2 aromatic rings. The second-order valence-electron chi connectivity index (χ2n) is 3.26. The topological polar surface area (TPSA) is 34.9 Å². The van der Waals surface area contributed by atoms with E-state index in [1.807, 2.05) is 0 Å². The second-order valence-corrected chi connectivity index (χ2v) is 4.58. The van der Waals surface area contributed by atoms with Crippen molar-refractivity contribution in [3.05, 3.63) is 51.7 Å². The van der Waals surface area contributed by atoms with Gasteiger partial charge in [-0.1, -0.05) is 23.7 Å². The normalized spacial score (nSPS) is 10.4. The highest BCUT2D eigenvalue weighted by Crippen LogP contribution is 2.16. The number of halogens is 2. The highest BCUT2D eigenvalue weighted by molar-refractivity contribution is 9.10. The van der Waals surface area contributed by atoms with Gasteiger partial charge < -0.3 is 0 Å². The van der Waals surface area contributed by atoms with Gasteiger partial charge in [0.1, 0.15) is 6.54 Å². The number of carbonyl (C=O) groups excluding carboxylic acids is 1. The van der Waals surface area contributed by atoms with Gasteiger partial charge in [-0.3, -0.25) is 9.48 Å². The van der Waals surface area contributed by atoms with Crippen LogP contribution in [0.2, 0.25) is 5.02 Å². The molecule has 0 saturated carbocycles. The zero-order valence-corrected chi connectivity index (χ0v) is 10.6. The number of hydrogen-bond acceptors (Lipinski definition) is 2. The Kier molecular flexibility index (Phi) is 3.41. The minimum Gasteiger partial charge on any atom is -0.292 e. The maximum atomic E-state index is 11.9. The van der Waals surface area contributed by atoms with Gasteiger partial charge in [-0.15, -0.1) is 0 Å². The summed E-state index contributed by atoms with van der Waals surface area (Å²) in [5.74, 6) is -0.0544. The predicted octanol–water partition coefficient (Wildman–Crippen LogP) is 3.18.